The molecule has 1 N–H and O–H groups in total. The van der Waals surface area contributed by atoms with E-state index in [0.717, 1.165) is 11.3 Å². The standard InChI is InChI=1S/C13H18O2/c1-4-6-13(14)11-7-5-8-12(9-11)15-10(2)3/h4-5,7-10,13-14H,1,6H2,2-3H3. The average molecular weight is 206 g/mol. The van der Waals surface area contributed by atoms with Crippen LogP contribution in [0.5, 0.6) is 5.75 Å². The largest absolute Gasteiger partial charge is 0.491 e. The van der Waals surface area contributed by atoms with E-state index in [1.807, 2.05) is 38.1 Å². The highest BCUT2D eigenvalue weighted by atomic mass is 16.5. The third-order valence-electron chi connectivity index (χ3n) is 2.00. The Morgan fingerprint density at radius 1 is 1.47 bits per heavy atom. The van der Waals surface area contributed by atoms with E-state index in [2.05, 4.69) is 6.58 Å². The normalized spacial score (nSPS) is 12.5. The Kier molecular flexibility index (Phi) is 4.37. The van der Waals surface area contributed by atoms with E-state index in [0.29, 0.717) is 6.42 Å². The average Bonchev–Trinajstić information content (AvgIpc) is 2.17. The molecule has 1 unspecified atom stereocenters. The fraction of sp³-hybridized carbons (Fsp3) is 0.385. The second kappa shape index (κ2) is 5.56. The molecule has 0 radical (unpaired) electrons. The van der Waals surface area contributed by atoms with Crippen molar-refractivity contribution in [3.63, 3.8) is 0 Å². The molecule has 0 spiro atoms. The molecule has 2 heteroatoms. The molecule has 0 amide bonds. The molecule has 0 fully saturated rings. The van der Waals surface area contributed by atoms with E-state index in [-0.39, 0.29) is 6.10 Å². The first-order valence-corrected chi connectivity index (χ1v) is 5.19. The maximum absolute atomic E-state index is 9.75. The quantitative estimate of drug-likeness (QED) is 0.750. The van der Waals surface area contributed by atoms with Crippen molar-refractivity contribution >= 4 is 0 Å². The van der Waals surface area contributed by atoms with Gasteiger partial charge in [-0.25, -0.2) is 0 Å². The molecule has 82 valence electrons. The SMILES string of the molecule is C=CCC(O)c1cccc(OC(C)C)c1. The van der Waals surface area contributed by atoms with Crippen molar-refractivity contribution in [2.75, 3.05) is 0 Å². The highest BCUT2D eigenvalue weighted by Gasteiger charge is 2.06. The minimum atomic E-state index is -0.488. The second-order valence-corrected chi connectivity index (χ2v) is 3.78. The van der Waals surface area contributed by atoms with Crippen LogP contribution >= 0.6 is 0 Å². The Morgan fingerprint density at radius 2 is 2.20 bits per heavy atom. The van der Waals surface area contributed by atoms with E-state index in [1.165, 1.54) is 0 Å². The van der Waals surface area contributed by atoms with Crippen LogP contribution in [0.3, 0.4) is 0 Å². The summed E-state index contributed by atoms with van der Waals surface area (Å²) >= 11 is 0. The van der Waals surface area contributed by atoms with Crippen LogP contribution < -0.4 is 4.74 Å². The molecule has 0 saturated heterocycles. The molecule has 0 aliphatic rings. The Labute approximate surface area is 91.2 Å². The molecular formula is C13H18O2. The molecule has 0 aliphatic carbocycles. The second-order valence-electron chi connectivity index (χ2n) is 3.78. The number of aliphatic hydroxyl groups excluding tert-OH is 1. The number of rotatable bonds is 5. The van der Waals surface area contributed by atoms with E-state index < -0.39 is 6.10 Å². The lowest BCUT2D eigenvalue weighted by Crippen LogP contribution is -2.06. The number of benzene rings is 1. The molecule has 1 aromatic rings. The zero-order valence-corrected chi connectivity index (χ0v) is 9.31. The van der Waals surface area contributed by atoms with E-state index in [4.69, 9.17) is 4.74 Å². The van der Waals surface area contributed by atoms with Crippen molar-refractivity contribution in [3.8, 4) is 5.75 Å². The summed E-state index contributed by atoms with van der Waals surface area (Å²) in [7, 11) is 0. The fourth-order valence-corrected chi connectivity index (χ4v) is 1.36. The molecule has 0 aromatic heterocycles. The van der Waals surface area contributed by atoms with Crippen LogP contribution in [0.2, 0.25) is 0 Å². The van der Waals surface area contributed by atoms with E-state index >= 15 is 0 Å². The molecule has 1 atom stereocenters. The lowest BCUT2D eigenvalue weighted by atomic mass is 10.1. The van der Waals surface area contributed by atoms with Gasteiger partial charge in [-0.15, -0.1) is 6.58 Å². The first kappa shape index (κ1) is 11.8. The summed E-state index contributed by atoms with van der Waals surface area (Å²) in [6, 6.07) is 7.54. The fourth-order valence-electron chi connectivity index (χ4n) is 1.36. The predicted octanol–water partition coefficient (Wildman–Crippen LogP) is 3.08. The van der Waals surface area contributed by atoms with Gasteiger partial charge in [-0.2, -0.15) is 0 Å². The van der Waals surface area contributed by atoms with Crippen LogP contribution in [0.25, 0.3) is 0 Å². The summed E-state index contributed by atoms with van der Waals surface area (Å²) in [5, 5.41) is 9.75. The van der Waals surface area contributed by atoms with Crippen molar-refractivity contribution in [1.29, 1.82) is 0 Å². The number of ether oxygens (including phenoxy) is 1. The summed E-state index contributed by atoms with van der Waals surface area (Å²) in [5.74, 6) is 0.797. The van der Waals surface area contributed by atoms with Crippen molar-refractivity contribution in [2.24, 2.45) is 0 Å². The monoisotopic (exact) mass is 206 g/mol. The summed E-state index contributed by atoms with van der Waals surface area (Å²) in [4.78, 5) is 0. The molecule has 0 aliphatic heterocycles. The van der Waals surface area contributed by atoms with Crippen LogP contribution in [-0.4, -0.2) is 11.2 Å². The zero-order valence-electron chi connectivity index (χ0n) is 9.31. The van der Waals surface area contributed by atoms with Crippen LogP contribution in [0.1, 0.15) is 31.9 Å². The van der Waals surface area contributed by atoms with Gasteiger partial charge in [0.15, 0.2) is 0 Å². The summed E-state index contributed by atoms with van der Waals surface area (Å²) in [5.41, 5.74) is 0.869. The third kappa shape index (κ3) is 3.76. The van der Waals surface area contributed by atoms with E-state index in [1.54, 1.807) is 6.08 Å². The van der Waals surface area contributed by atoms with Crippen molar-refractivity contribution in [3.05, 3.63) is 42.5 Å². The number of hydrogen-bond donors (Lipinski definition) is 1. The summed E-state index contributed by atoms with van der Waals surface area (Å²) in [6.07, 6.45) is 1.93. The Bertz CT molecular complexity index is 318. The third-order valence-corrected chi connectivity index (χ3v) is 2.00. The van der Waals surface area contributed by atoms with Gasteiger partial charge >= 0.3 is 0 Å². The lowest BCUT2D eigenvalue weighted by molar-refractivity contribution is 0.180. The van der Waals surface area contributed by atoms with Crippen LogP contribution in [-0.2, 0) is 0 Å². The molecule has 1 aromatic carbocycles. The summed E-state index contributed by atoms with van der Waals surface area (Å²) in [6.45, 7) is 7.56. The highest BCUT2D eigenvalue weighted by Crippen LogP contribution is 2.22. The first-order valence-electron chi connectivity index (χ1n) is 5.19. The van der Waals surface area contributed by atoms with Gasteiger partial charge in [0.05, 0.1) is 12.2 Å². The lowest BCUT2D eigenvalue weighted by Gasteiger charge is -2.13. The van der Waals surface area contributed by atoms with Gasteiger partial charge < -0.3 is 9.84 Å². The molecule has 0 bridgehead atoms. The summed E-state index contributed by atoms with van der Waals surface area (Å²) < 4.78 is 5.55. The molecule has 1 rings (SSSR count). The van der Waals surface area contributed by atoms with Gasteiger partial charge in [0.2, 0.25) is 0 Å². The Balaban J connectivity index is 2.77. The van der Waals surface area contributed by atoms with E-state index in [9.17, 15) is 5.11 Å². The number of aliphatic hydroxyl groups is 1. The topological polar surface area (TPSA) is 29.5 Å². The molecule has 15 heavy (non-hydrogen) atoms. The number of hydrogen-bond acceptors (Lipinski definition) is 2. The van der Waals surface area contributed by atoms with Crippen molar-refractivity contribution < 1.29 is 9.84 Å². The minimum absolute atomic E-state index is 0.150. The first-order chi connectivity index (χ1) is 7.13. The van der Waals surface area contributed by atoms with Gasteiger partial charge in [-0.1, -0.05) is 18.2 Å². The van der Waals surface area contributed by atoms with Crippen LogP contribution in [0.15, 0.2) is 36.9 Å². The molecule has 0 heterocycles. The van der Waals surface area contributed by atoms with Crippen molar-refractivity contribution in [2.45, 2.75) is 32.5 Å². The van der Waals surface area contributed by atoms with Gasteiger partial charge in [-0.3, -0.25) is 0 Å². The maximum atomic E-state index is 9.75. The molecule has 2 nitrogen and oxygen atoms in total. The predicted molar refractivity (Wildman–Crippen MR) is 62.0 cm³/mol. The van der Waals surface area contributed by atoms with Crippen LogP contribution in [0, 0.1) is 0 Å². The van der Waals surface area contributed by atoms with Crippen LogP contribution in [0.4, 0.5) is 0 Å². The Hall–Kier alpha value is -1.28. The van der Waals surface area contributed by atoms with Gasteiger partial charge in [0.25, 0.3) is 0 Å². The van der Waals surface area contributed by atoms with Gasteiger partial charge in [-0.05, 0) is 38.0 Å². The highest BCUT2D eigenvalue weighted by molar-refractivity contribution is 5.30. The minimum Gasteiger partial charge on any atom is -0.491 e. The zero-order chi connectivity index (χ0) is 11.3. The van der Waals surface area contributed by atoms with Gasteiger partial charge in [0.1, 0.15) is 5.75 Å². The molecule has 0 saturated carbocycles. The van der Waals surface area contributed by atoms with Crippen molar-refractivity contribution in [1.82, 2.24) is 0 Å². The maximum Gasteiger partial charge on any atom is 0.120 e. The van der Waals surface area contributed by atoms with Gasteiger partial charge in [0, 0.05) is 0 Å². The smallest absolute Gasteiger partial charge is 0.120 e. The molecular weight excluding hydrogens is 188 g/mol. The Morgan fingerprint density at radius 3 is 2.80 bits per heavy atom.